The van der Waals surface area contributed by atoms with Crippen LogP contribution >= 0.6 is 0 Å². The van der Waals surface area contributed by atoms with E-state index in [-0.39, 0.29) is 6.04 Å². The second kappa shape index (κ2) is 5.54. The predicted molar refractivity (Wildman–Crippen MR) is 93.9 cm³/mol. The predicted octanol–water partition coefficient (Wildman–Crippen LogP) is 2.49. The van der Waals surface area contributed by atoms with E-state index in [1.54, 1.807) is 23.0 Å². The van der Waals surface area contributed by atoms with E-state index in [1.165, 1.54) is 5.56 Å². The number of hydrogen-bond acceptors (Lipinski definition) is 5. The van der Waals surface area contributed by atoms with Crippen molar-refractivity contribution in [3.63, 3.8) is 0 Å². The molecule has 3 aromatic rings. The first-order valence-electron chi connectivity index (χ1n) is 8.25. The van der Waals surface area contributed by atoms with E-state index in [9.17, 15) is 9.90 Å². The Bertz CT molecular complexity index is 995. The fourth-order valence-electron chi connectivity index (χ4n) is 3.57. The number of carbonyl (C=O) groups is 1. The summed E-state index contributed by atoms with van der Waals surface area (Å²) in [5, 5.41) is 14.5. The number of aromatic carboxylic acids is 1. The zero-order valence-corrected chi connectivity index (χ0v) is 14.4. The molecule has 1 aliphatic heterocycles. The minimum Gasteiger partial charge on any atom is -0.478 e. The van der Waals surface area contributed by atoms with E-state index in [0.717, 1.165) is 35.4 Å². The first-order valence-corrected chi connectivity index (χ1v) is 8.25. The Labute approximate surface area is 144 Å². The lowest BCUT2D eigenvalue weighted by Gasteiger charge is -2.36. The van der Waals surface area contributed by atoms with Gasteiger partial charge in [-0.15, -0.1) is 0 Å². The van der Waals surface area contributed by atoms with Gasteiger partial charge in [0.2, 0.25) is 0 Å². The molecule has 0 amide bonds. The molecule has 25 heavy (non-hydrogen) atoms. The van der Waals surface area contributed by atoms with Crippen LogP contribution in [-0.2, 0) is 13.5 Å². The Morgan fingerprint density at radius 3 is 2.88 bits per heavy atom. The fraction of sp³-hybridized carbons (Fsp3) is 0.333. The van der Waals surface area contributed by atoms with Crippen LogP contribution in [0.2, 0.25) is 0 Å². The molecule has 0 bridgehead atoms. The summed E-state index contributed by atoms with van der Waals surface area (Å²) < 4.78 is 1.75. The van der Waals surface area contributed by atoms with Crippen LogP contribution in [0.1, 0.15) is 40.3 Å². The van der Waals surface area contributed by atoms with Gasteiger partial charge in [0.1, 0.15) is 11.6 Å². The van der Waals surface area contributed by atoms with Gasteiger partial charge in [-0.1, -0.05) is 6.07 Å². The van der Waals surface area contributed by atoms with E-state index in [4.69, 9.17) is 0 Å². The van der Waals surface area contributed by atoms with Crippen LogP contribution < -0.4 is 4.90 Å². The van der Waals surface area contributed by atoms with Crippen molar-refractivity contribution in [1.29, 1.82) is 0 Å². The lowest BCUT2D eigenvalue weighted by atomic mass is 9.91. The number of aromatic nitrogens is 4. The smallest absolute Gasteiger partial charge is 0.335 e. The lowest BCUT2D eigenvalue weighted by Crippen LogP contribution is -2.35. The minimum atomic E-state index is -0.903. The zero-order valence-electron chi connectivity index (χ0n) is 14.4. The molecule has 0 spiro atoms. The number of aryl methyl sites for hydroxylation is 2. The number of carboxylic acids is 1. The molecule has 0 fully saturated rings. The maximum Gasteiger partial charge on any atom is 0.335 e. The molecule has 7 nitrogen and oxygen atoms in total. The van der Waals surface area contributed by atoms with Crippen molar-refractivity contribution in [2.45, 2.75) is 26.3 Å². The Kier molecular flexibility index (Phi) is 3.45. The number of benzene rings is 1. The summed E-state index contributed by atoms with van der Waals surface area (Å²) in [7, 11) is 1.87. The molecular weight excluding hydrogens is 318 g/mol. The first kappa shape index (κ1) is 15.6. The number of nitrogens with zero attached hydrogens (tertiary/aromatic N) is 5. The third kappa shape index (κ3) is 2.43. The number of hydrogen-bond donors (Lipinski definition) is 1. The SMILES string of the molecule is Cc1nc(N2CCc3ccc(C(=O)O)cc3C2C)c2cnn(C)c2n1. The molecule has 0 saturated carbocycles. The Balaban J connectivity index is 1.83. The molecule has 0 aliphatic carbocycles. The van der Waals surface area contributed by atoms with Gasteiger partial charge in [-0.2, -0.15) is 5.10 Å². The van der Waals surface area contributed by atoms with Crippen molar-refractivity contribution in [3.05, 3.63) is 46.9 Å². The fourth-order valence-corrected chi connectivity index (χ4v) is 3.57. The molecule has 3 heterocycles. The molecule has 2 aromatic heterocycles. The number of anilines is 1. The summed E-state index contributed by atoms with van der Waals surface area (Å²) in [6.07, 6.45) is 2.64. The van der Waals surface area contributed by atoms with Crippen LogP contribution in [-0.4, -0.2) is 37.4 Å². The molecule has 0 radical (unpaired) electrons. The zero-order chi connectivity index (χ0) is 17.7. The number of fused-ring (bicyclic) bond motifs is 2. The molecule has 4 rings (SSSR count). The molecule has 1 aromatic carbocycles. The summed E-state index contributed by atoms with van der Waals surface area (Å²) in [5.74, 6) is 0.650. The quantitative estimate of drug-likeness (QED) is 0.773. The van der Waals surface area contributed by atoms with Crippen LogP contribution in [0.15, 0.2) is 24.4 Å². The Hall–Kier alpha value is -2.96. The standard InChI is InChI=1S/C18H19N5O2/c1-10-14-8-13(18(24)25)5-4-12(14)6-7-23(10)17-15-9-19-22(3)16(15)20-11(2)21-17/h4-5,8-10H,6-7H2,1-3H3,(H,24,25). The Morgan fingerprint density at radius 2 is 2.12 bits per heavy atom. The first-order chi connectivity index (χ1) is 12.0. The van der Waals surface area contributed by atoms with Crippen LogP contribution in [0.4, 0.5) is 5.82 Å². The Morgan fingerprint density at radius 1 is 1.32 bits per heavy atom. The average Bonchev–Trinajstić information content (AvgIpc) is 2.95. The summed E-state index contributed by atoms with van der Waals surface area (Å²) in [4.78, 5) is 22.7. The van der Waals surface area contributed by atoms with Crippen molar-refractivity contribution in [2.75, 3.05) is 11.4 Å². The molecular formula is C18H19N5O2. The van der Waals surface area contributed by atoms with Gasteiger partial charge in [-0.05, 0) is 43.5 Å². The van der Waals surface area contributed by atoms with Crippen molar-refractivity contribution in [3.8, 4) is 0 Å². The van der Waals surface area contributed by atoms with Gasteiger partial charge in [0.05, 0.1) is 23.2 Å². The average molecular weight is 337 g/mol. The van der Waals surface area contributed by atoms with E-state index in [2.05, 4.69) is 26.9 Å². The monoisotopic (exact) mass is 337 g/mol. The van der Waals surface area contributed by atoms with Gasteiger partial charge in [0.25, 0.3) is 0 Å². The molecule has 0 saturated heterocycles. The van der Waals surface area contributed by atoms with Crippen LogP contribution in [0, 0.1) is 6.92 Å². The van der Waals surface area contributed by atoms with Gasteiger partial charge in [0, 0.05) is 13.6 Å². The highest BCUT2D eigenvalue weighted by Crippen LogP contribution is 2.36. The van der Waals surface area contributed by atoms with Gasteiger partial charge in [-0.25, -0.2) is 14.8 Å². The molecule has 1 aliphatic rings. The van der Waals surface area contributed by atoms with Gasteiger partial charge >= 0.3 is 5.97 Å². The molecule has 128 valence electrons. The lowest BCUT2D eigenvalue weighted by molar-refractivity contribution is 0.0696. The summed E-state index contributed by atoms with van der Waals surface area (Å²) >= 11 is 0. The maximum absolute atomic E-state index is 11.3. The maximum atomic E-state index is 11.3. The largest absolute Gasteiger partial charge is 0.478 e. The topological polar surface area (TPSA) is 84.1 Å². The summed E-state index contributed by atoms with van der Waals surface area (Å²) in [6, 6.07) is 5.42. The van der Waals surface area contributed by atoms with E-state index in [0.29, 0.717) is 11.4 Å². The van der Waals surface area contributed by atoms with Crippen molar-refractivity contribution in [1.82, 2.24) is 19.7 Å². The van der Waals surface area contributed by atoms with Crippen molar-refractivity contribution in [2.24, 2.45) is 7.05 Å². The van der Waals surface area contributed by atoms with Gasteiger partial charge < -0.3 is 10.0 Å². The van der Waals surface area contributed by atoms with Crippen molar-refractivity contribution >= 4 is 22.8 Å². The number of carboxylic acid groups (broad SMARTS) is 1. The van der Waals surface area contributed by atoms with Crippen LogP contribution in [0.25, 0.3) is 11.0 Å². The molecule has 1 unspecified atom stereocenters. The van der Waals surface area contributed by atoms with E-state index >= 15 is 0 Å². The van der Waals surface area contributed by atoms with Crippen molar-refractivity contribution < 1.29 is 9.90 Å². The second-order valence-electron chi connectivity index (χ2n) is 6.44. The third-order valence-corrected chi connectivity index (χ3v) is 4.89. The third-order valence-electron chi connectivity index (χ3n) is 4.89. The molecule has 7 heteroatoms. The van der Waals surface area contributed by atoms with Crippen LogP contribution in [0.3, 0.4) is 0 Å². The summed E-state index contributed by atoms with van der Waals surface area (Å²) in [6.45, 7) is 4.78. The van der Waals surface area contributed by atoms with Gasteiger partial charge in [-0.3, -0.25) is 4.68 Å². The summed E-state index contributed by atoms with van der Waals surface area (Å²) in [5.41, 5.74) is 3.36. The molecule has 1 N–H and O–H groups in total. The molecule has 1 atom stereocenters. The minimum absolute atomic E-state index is 0.0285. The highest BCUT2D eigenvalue weighted by Gasteiger charge is 2.28. The highest BCUT2D eigenvalue weighted by atomic mass is 16.4. The van der Waals surface area contributed by atoms with E-state index in [1.807, 2.05) is 20.0 Å². The van der Waals surface area contributed by atoms with Crippen LogP contribution in [0.5, 0.6) is 0 Å². The second-order valence-corrected chi connectivity index (χ2v) is 6.44. The van der Waals surface area contributed by atoms with Gasteiger partial charge in [0.15, 0.2) is 5.65 Å². The highest BCUT2D eigenvalue weighted by molar-refractivity contribution is 5.89. The number of rotatable bonds is 2. The normalized spacial score (nSPS) is 16.9. The van der Waals surface area contributed by atoms with E-state index < -0.39 is 5.97 Å².